The van der Waals surface area contributed by atoms with E-state index < -0.39 is 0 Å². The first-order valence-electron chi connectivity index (χ1n) is 4.41. The Hall–Kier alpha value is -0.480. The third-order valence-corrected chi connectivity index (χ3v) is 2.50. The first kappa shape index (κ1) is 10.6. The molecule has 3 nitrogen and oxygen atoms in total. The van der Waals surface area contributed by atoms with Crippen LogP contribution in [0.15, 0.2) is 12.4 Å². The van der Waals surface area contributed by atoms with Crippen LogP contribution in [0.2, 0.25) is 0 Å². The van der Waals surface area contributed by atoms with E-state index in [1.165, 1.54) is 5.82 Å². The van der Waals surface area contributed by atoms with Crippen LogP contribution in [-0.2, 0) is 17.3 Å². The zero-order chi connectivity index (χ0) is 9.68. The van der Waals surface area contributed by atoms with E-state index in [0.29, 0.717) is 6.73 Å². The van der Waals surface area contributed by atoms with Gasteiger partial charge >= 0.3 is 0 Å². The summed E-state index contributed by atoms with van der Waals surface area (Å²) in [6, 6.07) is 0. The molecule has 1 rings (SSSR count). The Morgan fingerprint density at radius 1 is 1.62 bits per heavy atom. The first-order valence-corrected chi connectivity index (χ1v) is 5.80. The van der Waals surface area contributed by atoms with Gasteiger partial charge in [0.25, 0.3) is 5.82 Å². The Morgan fingerprint density at radius 3 is 3.00 bits per heavy atom. The molecule has 0 amide bonds. The highest BCUT2D eigenvalue weighted by molar-refractivity contribution is 7.97. The highest BCUT2D eigenvalue weighted by Crippen LogP contribution is 1.98. The molecule has 0 aliphatic carbocycles. The van der Waals surface area contributed by atoms with Crippen molar-refractivity contribution in [1.82, 2.24) is 4.57 Å². The van der Waals surface area contributed by atoms with Gasteiger partial charge in [-0.15, -0.1) is 11.8 Å². The van der Waals surface area contributed by atoms with Gasteiger partial charge in [0.15, 0.2) is 6.73 Å². The molecule has 0 unspecified atom stereocenters. The number of rotatable bonds is 5. The van der Waals surface area contributed by atoms with E-state index in [1.54, 1.807) is 0 Å². The molecule has 0 saturated carbocycles. The second-order valence-corrected chi connectivity index (χ2v) is 3.66. The molecule has 13 heavy (non-hydrogen) atoms. The Labute approximate surface area is 83.7 Å². The molecule has 0 radical (unpaired) electrons. The van der Waals surface area contributed by atoms with Crippen molar-refractivity contribution in [1.29, 1.82) is 0 Å². The molecule has 1 aromatic rings. The summed E-state index contributed by atoms with van der Waals surface area (Å²) in [4.78, 5) is 0. The van der Waals surface area contributed by atoms with E-state index in [4.69, 9.17) is 4.74 Å². The van der Waals surface area contributed by atoms with Crippen LogP contribution in [0.5, 0.6) is 0 Å². The van der Waals surface area contributed by atoms with Crippen molar-refractivity contribution in [3.05, 3.63) is 18.2 Å². The molecule has 0 bridgehead atoms. The van der Waals surface area contributed by atoms with E-state index in [0.717, 1.165) is 12.5 Å². The molecule has 0 atom stereocenters. The number of hydrogen-bond donors (Lipinski definition) is 0. The summed E-state index contributed by atoms with van der Waals surface area (Å²) in [5.74, 6) is 2.24. The Bertz CT molecular complexity index is 260. The SMILES string of the molecule is CCOCn1cc[n+](CSC)c1C. The molecule has 0 aliphatic heterocycles. The molecule has 0 spiro atoms. The fourth-order valence-electron chi connectivity index (χ4n) is 1.14. The average Bonchev–Trinajstić information content (AvgIpc) is 2.46. The minimum atomic E-state index is 0.656. The van der Waals surface area contributed by atoms with Gasteiger partial charge in [-0.2, -0.15) is 0 Å². The normalized spacial score (nSPS) is 10.7. The standard InChI is InChI=1S/C9H17N2OS/c1-4-12-7-10-5-6-11(8-13-3)9(10)2/h5-6H,4,7-8H2,1-3H3/q+1. The van der Waals surface area contributed by atoms with Gasteiger partial charge in [0.1, 0.15) is 18.3 Å². The summed E-state index contributed by atoms with van der Waals surface area (Å²) in [6.07, 6.45) is 6.25. The molecule has 1 heterocycles. The minimum absolute atomic E-state index is 0.656. The van der Waals surface area contributed by atoms with Crippen LogP contribution in [0, 0.1) is 6.92 Å². The number of imidazole rings is 1. The van der Waals surface area contributed by atoms with Crippen molar-refractivity contribution in [3.8, 4) is 0 Å². The lowest BCUT2D eigenvalue weighted by molar-refractivity contribution is -0.681. The Morgan fingerprint density at radius 2 is 2.38 bits per heavy atom. The van der Waals surface area contributed by atoms with Gasteiger partial charge < -0.3 is 4.74 Å². The lowest BCUT2D eigenvalue weighted by Crippen LogP contribution is -2.34. The van der Waals surface area contributed by atoms with Crippen LogP contribution in [-0.4, -0.2) is 17.4 Å². The lowest BCUT2D eigenvalue weighted by atomic mass is 10.7. The van der Waals surface area contributed by atoms with E-state index in [-0.39, 0.29) is 0 Å². The molecule has 0 saturated heterocycles. The second kappa shape index (κ2) is 5.29. The maximum Gasteiger partial charge on any atom is 0.255 e. The number of aromatic nitrogens is 2. The highest BCUT2D eigenvalue weighted by Gasteiger charge is 2.10. The average molecular weight is 201 g/mol. The number of nitrogens with zero attached hydrogens (tertiary/aromatic N) is 2. The summed E-state index contributed by atoms with van der Waals surface area (Å²) in [7, 11) is 0. The first-order chi connectivity index (χ1) is 6.29. The van der Waals surface area contributed by atoms with Crippen LogP contribution in [0.3, 0.4) is 0 Å². The molecular weight excluding hydrogens is 184 g/mol. The largest absolute Gasteiger partial charge is 0.342 e. The van der Waals surface area contributed by atoms with Gasteiger partial charge in [0, 0.05) is 13.5 Å². The van der Waals surface area contributed by atoms with E-state index in [2.05, 4.69) is 34.7 Å². The number of thioether (sulfide) groups is 1. The Kier molecular flexibility index (Phi) is 4.32. The van der Waals surface area contributed by atoms with Crippen molar-refractivity contribution in [3.63, 3.8) is 0 Å². The number of ether oxygens (including phenoxy) is 1. The molecule has 1 aromatic heterocycles. The van der Waals surface area contributed by atoms with Gasteiger partial charge in [-0.1, -0.05) is 0 Å². The van der Waals surface area contributed by atoms with Crippen molar-refractivity contribution >= 4 is 11.8 Å². The fraction of sp³-hybridized carbons (Fsp3) is 0.667. The summed E-state index contributed by atoms with van der Waals surface area (Å²) < 4.78 is 9.66. The van der Waals surface area contributed by atoms with Crippen LogP contribution in [0.1, 0.15) is 12.7 Å². The van der Waals surface area contributed by atoms with Gasteiger partial charge in [0.2, 0.25) is 0 Å². The second-order valence-electron chi connectivity index (χ2n) is 2.82. The maximum atomic E-state index is 5.33. The summed E-state index contributed by atoms with van der Waals surface area (Å²) in [5, 5.41) is 0. The lowest BCUT2D eigenvalue weighted by Gasteiger charge is -1.99. The van der Waals surface area contributed by atoms with Gasteiger partial charge in [-0.3, -0.25) is 0 Å². The van der Waals surface area contributed by atoms with Crippen molar-refractivity contribution in [2.24, 2.45) is 0 Å². The van der Waals surface area contributed by atoms with Crippen LogP contribution >= 0.6 is 11.8 Å². The van der Waals surface area contributed by atoms with Gasteiger partial charge in [-0.05, 0) is 13.2 Å². The molecule has 0 N–H and O–H groups in total. The van der Waals surface area contributed by atoms with Crippen molar-refractivity contribution < 1.29 is 9.30 Å². The predicted octanol–water partition coefficient (Wildman–Crippen LogP) is 1.40. The smallest absolute Gasteiger partial charge is 0.255 e. The van der Waals surface area contributed by atoms with E-state index in [9.17, 15) is 0 Å². The highest BCUT2D eigenvalue weighted by atomic mass is 32.2. The summed E-state index contributed by atoms with van der Waals surface area (Å²) >= 11 is 1.81. The molecular formula is C9H17N2OS+. The number of hydrogen-bond acceptors (Lipinski definition) is 2. The third kappa shape index (κ3) is 2.74. The molecule has 4 heteroatoms. The third-order valence-electron chi connectivity index (χ3n) is 1.96. The summed E-state index contributed by atoms with van der Waals surface area (Å²) in [5.41, 5.74) is 0. The zero-order valence-electron chi connectivity index (χ0n) is 8.49. The van der Waals surface area contributed by atoms with Crippen LogP contribution in [0.25, 0.3) is 0 Å². The van der Waals surface area contributed by atoms with Gasteiger partial charge in [0.05, 0.1) is 0 Å². The van der Waals surface area contributed by atoms with Crippen LogP contribution in [0.4, 0.5) is 0 Å². The maximum absolute atomic E-state index is 5.33. The van der Waals surface area contributed by atoms with Crippen molar-refractivity contribution in [2.75, 3.05) is 12.9 Å². The Balaban J connectivity index is 2.62. The fourth-order valence-corrected chi connectivity index (χ4v) is 1.69. The monoisotopic (exact) mass is 201 g/mol. The van der Waals surface area contributed by atoms with Crippen molar-refractivity contribution in [2.45, 2.75) is 26.5 Å². The quantitative estimate of drug-likeness (QED) is 0.670. The molecule has 74 valence electrons. The van der Waals surface area contributed by atoms with Crippen LogP contribution < -0.4 is 4.57 Å². The zero-order valence-corrected chi connectivity index (χ0v) is 9.30. The predicted molar refractivity (Wildman–Crippen MR) is 54.5 cm³/mol. The minimum Gasteiger partial charge on any atom is -0.342 e. The molecule has 0 aliphatic rings. The molecule has 0 fully saturated rings. The van der Waals surface area contributed by atoms with E-state index >= 15 is 0 Å². The topological polar surface area (TPSA) is 18.0 Å². The molecule has 0 aromatic carbocycles. The van der Waals surface area contributed by atoms with Gasteiger partial charge in [-0.25, -0.2) is 9.13 Å². The van der Waals surface area contributed by atoms with E-state index in [1.807, 2.05) is 18.7 Å². The summed E-state index contributed by atoms with van der Waals surface area (Å²) in [6.45, 7) is 5.54.